The molecular formula is C62H58N4O. The summed E-state index contributed by atoms with van der Waals surface area (Å²) in [6.45, 7) is 10.8. The molecule has 5 heteroatoms. The van der Waals surface area contributed by atoms with Gasteiger partial charge in [-0.3, -0.25) is 15.0 Å². The number of aromatic nitrogens is 3. The molecule has 1 aliphatic carbocycles. The first kappa shape index (κ1) is 38.0. The van der Waals surface area contributed by atoms with Crippen molar-refractivity contribution >= 4 is 21.9 Å². The molecule has 0 spiro atoms. The van der Waals surface area contributed by atoms with E-state index in [1.807, 2.05) is 116 Å². The Kier molecular flexibility index (Phi) is 10.2. The molecular weight excluding hydrogens is 817 g/mol. The fourth-order valence-corrected chi connectivity index (χ4v) is 10.3. The zero-order valence-electron chi connectivity index (χ0n) is 44.0. The summed E-state index contributed by atoms with van der Waals surface area (Å²) in [5.41, 5.74) is 10.5. The van der Waals surface area contributed by atoms with Crippen molar-refractivity contribution in [2.24, 2.45) is 0 Å². The number of aryl methyl sites for hydroxylation is 2. The average molecular weight is 880 g/mol. The predicted octanol–water partition coefficient (Wildman–Crippen LogP) is 15.3. The zero-order chi connectivity index (χ0) is 50.6. The highest BCUT2D eigenvalue weighted by Crippen LogP contribution is 2.47. The minimum atomic E-state index is -2.51. The topological polar surface area (TPSA) is 75.6 Å². The molecule has 0 amide bonds. The van der Waals surface area contributed by atoms with Gasteiger partial charge >= 0.3 is 0 Å². The van der Waals surface area contributed by atoms with Gasteiger partial charge in [-0.05, 0) is 124 Å². The molecule has 1 fully saturated rings. The molecule has 10 rings (SSSR count). The van der Waals surface area contributed by atoms with Crippen LogP contribution in [0.5, 0.6) is 0 Å². The number of rotatable bonds is 13. The first-order valence-corrected chi connectivity index (χ1v) is 23.4. The van der Waals surface area contributed by atoms with E-state index in [0.29, 0.717) is 40.8 Å². The lowest BCUT2D eigenvalue weighted by molar-refractivity contribution is 0.485. The van der Waals surface area contributed by atoms with Gasteiger partial charge in [0.1, 0.15) is 11.2 Å². The van der Waals surface area contributed by atoms with Gasteiger partial charge in [0.2, 0.25) is 0 Å². The monoisotopic (exact) mass is 879 g/mol. The number of para-hydroxylation sites is 1. The summed E-state index contributed by atoms with van der Waals surface area (Å²) in [4.78, 5) is 14.5. The summed E-state index contributed by atoms with van der Waals surface area (Å²) in [7, 11) is 0. The minimum absolute atomic E-state index is 0.101. The Hall–Kier alpha value is -7.16. The van der Waals surface area contributed by atoms with Crippen LogP contribution < -0.4 is 0 Å². The van der Waals surface area contributed by atoms with E-state index in [1.54, 1.807) is 18.2 Å². The number of fused-ring (bicyclic) bond motifs is 3. The van der Waals surface area contributed by atoms with E-state index < -0.39 is 23.6 Å². The summed E-state index contributed by atoms with van der Waals surface area (Å²) >= 11 is 0. The Bertz CT molecular complexity index is 3370. The van der Waals surface area contributed by atoms with E-state index >= 15 is 0 Å². The summed E-state index contributed by atoms with van der Waals surface area (Å²) in [5, 5.41) is 11.8. The normalized spacial score (nSPS) is 15.4. The fourth-order valence-electron chi connectivity index (χ4n) is 10.3. The van der Waals surface area contributed by atoms with Crippen molar-refractivity contribution in [2.45, 2.75) is 102 Å². The fraction of sp³-hybridized carbons (Fsp3) is 0.258. The molecule has 0 atom stereocenters. The SMILES string of the molecule is [2H]c1cc2c(oc3c(-c4ccc(C([2H])([2H])C([2H])([2H])c5cc(CC(C)(C)c6ccc(-c7ccccc7)nc6)cc(CC(C)(C)c6ccc(-c7ccccc7)nc6)c5)cn4)cccc32)c(C2(C)CCCC2)c1C#N. The molecule has 1 aliphatic rings. The van der Waals surface area contributed by atoms with Gasteiger partial charge in [-0.1, -0.05) is 157 Å². The van der Waals surface area contributed by atoms with Crippen LogP contribution >= 0.6 is 0 Å². The minimum Gasteiger partial charge on any atom is -0.455 e. The Labute approximate surface area is 402 Å². The third kappa shape index (κ3) is 8.94. The lowest BCUT2D eigenvalue weighted by Gasteiger charge is -2.28. The van der Waals surface area contributed by atoms with Crippen LogP contribution in [0.3, 0.4) is 0 Å². The second-order valence-electron chi connectivity index (χ2n) is 19.9. The Morgan fingerprint density at radius 2 is 1.13 bits per heavy atom. The molecule has 0 bridgehead atoms. The smallest absolute Gasteiger partial charge is 0.144 e. The highest BCUT2D eigenvalue weighted by Gasteiger charge is 2.36. The van der Waals surface area contributed by atoms with Gasteiger partial charge in [-0.15, -0.1) is 0 Å². The van der Waals surface area contributed by atoms with Crippen LogP contribution in [-0.4, -0.2) is 15.0 Å². The maximum atomic E-state index is 10.3. The zero-order valence-corrected chi connectivity index (χ0v) is 39.0. The van der Waals surface area contributed by atoms with Crippen LogP contribution in [0.2, 0.25) is 0 Å². The molecule has 332 valence electrons. The van der Waals surface area contributed by atoms with Crippen molar-refractivity contribution in [1.29, 1.82) is 5.26 Å². The third-order valence-electron chi connectivity index (χ3n) is 14.0. The van der Waals surface area contributed by atoms with Crippen LogP contribution in [-0.2, 0) is 41.8 Å². The number of hydrogen-bond acceptors (Lipinski definition) is 5. The lowest BCUT2D eigenvalue weighted by atomic mass is 9.77. The Morgan fingerprint density at radius 3 is 1.67 bits per heavy atom. The quantitative estimate of drug-likeness (QED) is 0.115. The number of nitrogens with zero attached hydrogens (tertiary/aromatic N) is 4. The van der Waals surface area contributed by atoms with Crippen molar-refractivity contribution in [3.63, 3.8) is 0 Å². The van der Waals surface area contributed by atoms with Gasteiger partial charge in [0.15, 0.2) is 0 Å². The maximum Gasteiger partial charge on any atom is 0.144 e. The molecule has 67 heavy (non-hydrogen) atoms. The predicted molar refractivity (Wildman–Crippen MR) is 274 cm³/mol. The second-order valence-corrected chi connectivity index (χ2v) is 19.9. The van der Waals surface area contributed by atoms with E-state index in [2.05, 4.69) is 58.9 Å². The molecule has 1 saturated carbocycles. The van der Waals surface area contributed by atoms with Gasteiger partial charge in [0.05, 0.1) is 30.1 Å². The summed E-state index contributed by atoms with van der Waals surface area (Å²) in [5.74, 6) is 0. The standard InChI is InChI=1S/C62H58N4O/c1-60(2,49-25-29-54(65-40-49)46-15-8-6-9-16-46)36-44-33-43(34-45(35-44)37-61(3,4)50-26-30-55(66-41-50)47-17-10-7-11-18-47)22-21-42-23-28-56(64-39-42)53-20-14-19-51-52-27-24-48(38-63)57(59(52)67-58(51)53)62(5)31-12-13-32-62/h6-11,14-20,23-30,33-35,39-41H,12-13,21-22,31-32,36-37H2,1-5H3/i21D2,22D2,24D. The molecule has 5 aromatic carbocycles. The first-order valence-electron chi connectivity index (χ1n) is 25.9. The number of benzene rings is 5. The van der Waals surface area contributed by atoms with Crippen molar-refractivity contribution in [2.75, 3.05) is 0 Å². The van der Waals surface area contributed by atoms with Crippen LogP contribution in [0.4, 0.5) is 0 Å². The van der Waals surface area contributed by atoms with Gasteiger partial charge in [0.25, 0.3) is 0 Å². The van der Waals surface area contributed by atoms with Crippen LogP contribution in [0.1, 0.15) is 112 Å². The largest absolute Gasteiger partial charge is 0.455 e. The first-order chi connectivity index (χ1) is 34.4. The van der Waals surface area contributed by atoms with E-state index in [9.17, 15) is 10.7 Å². The van der Waals surface area contributed by atoms with Crippen molar-refractivity contribution in [1.82, 2.24) is 15.0 Å². The summed E-state index contributed by atoms with van der Waals surface area (Å²) < 4.78 is 54.3. The van der Waals surface area contributed by atoms with Gasteiger partial charge < -0.3 is 4.42 Å². The molecule has 0 N–H and O–H groups in total. The van der Waals surface area contributed by atoms with Crippen LogP contribution in [0.25, 0.3) is 55.7 Å². The van der Waals surface area contributed by atoms with E-state index in [-0.39, 0.29) is 22.6 Å². The van der Waals surface area contributed by atoms with Crippen molar-refractivity contribution in [3.05, 3.63) is 209 Å². The van der Waals surface area contributed by atoms with E-state index in [0.717, 1.165) is 86.8 Å². The third-order valence-corrected chi connectivity index (χ3v) is 14.0. The Balaban J connectivity index is 0.996. The van der Waals surface area contributed by atoms with Crippen LogP contribution in [0, 0.1) is 11.3 Å². The number of nitriles is 1. The summed E-state index contributed by atoms with van der Waals surface area (Å²) in [6, 6.07) is 47.7. The molecule has 9 aromatic rings. The number of pyridine rings is 3. The second kappa shape index (κ2) is 17.9. The van der Waals surface area contributed by atoms with Gasteiger partial charge in [0, 0.05) is 57.1 Å². The molecule has 0 unspecified atom stereocenters. The molecule has 4 aromatic heterocycles. The molecule has 0 aliphatic heterocycles. The van der Waals surface area contributed by atoms with Gasteiger partial charge in [-0.2, -0.15) is 5.26 Å². The number of furan rings is 1. The highest BCUT2D eigenvalue weighted by atomic mass is 16.3. The molecule has 4 heterocycles. The van der Waals surface area contributed by atoms with Gasteiger partial charge in [-0.25, -0.2) is 0 Å². The molecule has 0 radical (unpaired) electrons. The van der Waals surface area contributed by atoms with Crippen molar-refractivity contribution in [3.8, 4) is 39.8 Å². The highest BCUT2D eigenvalue weighted by molar-refractivity contribution is 6.10. The Morgan fingerprint density at radius 1 is 0.597 bits per heavy atom. The van der Waals surface area contributed by atoms with E-state index in [1.165, 1.54) is 6.20 Å². The molecule has 0 saturated heterocycles. The van der Waals surface area contributed by atoms with Crippen molar-refractivity contribution < 1.29 is 11.3 Å². The average Bonchev–Trinajstić information content (AvgIpc) is 4.00. The van der Waals surface area contributed by atoms with Crippen LogP contribution in [0.15, 0.2) is 169 Å². The number of hydrogen-bond donors (Lipinski definition) is 0. The van der Waals surface area contributed by atoms with E-state index in [4.69, 9.17) is 20.7 Å². The maximum absolute atomic E-state index is 10.3. The summed E-state index contributed by atoms with van der Waals surface area (Å²) in [6.07, 6.45) is 5.31. The lowest BCUT2D eigenvalue weighted by Crippen LogP contribution is -2.23. The molecule has 5 nitrogen and oxygen atoms in total.